The minimum absolute atomic E-state index is 0.000160. The Labute approximate surface area is 212 Å². The predicted molar refractivity (Wildman–Crippen MR) is 139 cm³/mol. The van der Waals surface area contributed by atoms with Gasteiger partial charge in [-0.3, -0.25) is 14.5 Å². The minimum Gasteiger partial charge on any atom is -0.462 e. The first kappa shape index (κ1) is 23.9. The summed E-state index contributed by atoms with van der Waals surface area (Å²) in [5.41, 5.74) is 3.68. The number of rotatable bonds is 5. The molecule has 0 aliphatic carbocycles. The van der Waals surface area contributed by atoms with Crippen LogP contribution >= 0.6 is 11.3 Å². The molecule has 3 heterocycles. The summed E-state index contributed by atoms with van der Waals surface area (Å²) in [7, 11) is 0. The number of carbonyl (C=O) groups is 2. The molecular weight excluding hydrogens is 476 g/mol. The van der Waals surface area contributed by atoms with Gasteiger partial charge in [0.25, 0.3) is 5.91 Å². The van der Waals surface area contributed by atoms with Crippen LogP contribution in [0.4, 0.5) is 5.13 Å². The fourth-order valence-corrected chi connectivity index (χ4v) is 5.52. The van der Waals surface area contributed by atoms with E-state index in [1.165, 1.54) is 4.90 Å². The zero-order valence-corrected chi connectivity index (χ0v) is 21.6. The van der Waals surface area contributed by atoms with Gasteiger partial charge in [-0.05, 0) is 49.9 Å². The minimum atomic E-state index is -0.740. The van der Waals surface area contributed by atoms with E-state index in [0.29, 0.717) is 32.6 Å². The molecule has 0 fully saturated rings. The van der Waals surface area contributed by atoms with E-state index in [4.69, 9.17) is 9.15 Å². The maximum Gasteiger partial charge on any atom is 0.350 e. The summed E-state index contributed by atoms with van der Waals surface area (Å²) in [4.78, 5) is 46.4. The van der Waals surface area contributed by atoms with E-state index < -0.39 is 17.9 Å². The van der Waals surface area contributed by atoms with Crippen molar-refractivity contribution in [1.29, 1.82) is 0 Å². The molecule has 1 aliphatic rings. The molecule has 0 radical (unpaired) electrons. The number of carbonyl (C=O) groups excluding carboxylic acids is 2. The van der Waals surface area contributed by atoms with Crippen LogP contribution in [0.1, 0.15) is 80.9 Å². The van der Waals surface area contributed by atoms with Crippen LogP contribution in [0.25, 0.3) is 11.0 Å². The van der Waals surface area contributed by atoms with E-state index in [2.05, 4.69) is 18.8 Å². The van der Waals surface area contributed by atoms with Crippen molar-refractivity contribution in [3.63, 3.8) is 0 Å². The van der Waals surface area contributed by atoms with E-state index in [-0.39, 0.29) is 23.4 Å². The van der Waals surface area contributed by atoms with E-state index >= 15 is 0 Å². The van der Waals surface area contributed by atoms with Gasteiger partial charge in [0.05, 0.1) is 29.3 Å². The zero-order valence-electron chi connectivity index (χ0n) is 20.7. The summed E-state index contributed by atoms with van der Waals surface area (Å²) < 4.78 is 11.2. The van der Waals surface area contributed by atoms with Crippen LogP contribution in [0.15, 0.2) is 51.7 Å². The quantitative estimate of drug-likeness (QED) is 0.315. The summed E-state index contributed by atoms with van der Waals surface area (Å²) >= 11 is 1.07. The van der Waals surface area contributed by atoms with Gasteiger partial charge in [0.1, 0.15) is 10.5 Å². The highest BCUT2D eigenvalue weighted by molar-refractivity contribution is 7.17. The number of aryl methyl sites for hydroxylation is 2. The number of esters is 1. The average molecular weight is 503 g/mol. The number of hydrogen-bond donors (Lipinski definition) is 0. The molecule has 0 bridgehead atoms. The van der Waals surface area contributed by atoms with Crippen molar-refractivity contribution >= 4 is 39.3 Å². The number of nitrogens with zero attached hydrogens (tertiary/aromatic N) is 2. The number of ether oxygens (including phenoxy) is 1. The second-order valence-electron chi connectivity index (χ2n) is 9.20. The Morgan fingerprint density at radius 3 is 2.53 bits per heavy atom. The van der Waals surface area contributed by atoms with Crippen LogP contribution in [0.5, 0.6) is 0 Å². The molecule has 5 rings (SSSR count). The molecule has 8 heteroatoms. The van der Waals surface area contributed by atoms with Crippen LogP contribution in [-0.4, -0.2) is 23.5 Å². The Bertz CT molecular complexity index is 1570. The third kappa shape index (κ3) is 3.82. The van der Waals surface area contributed by atoms with Gasteiger partial charge in [-0.1, -0.05) is 61.1 Å². The fourth-order valence-electron chi connectivity index (χ4n) is 4.53. The molecule has 0 spiro atoms. The molecule has 184 valence electrons. The van der Waals surface area contributed by atoms with Crippen LogP contribution in [0.3, 0.4) is 0 Å². The Hall–Kier alpha value is -3.78. The lowest BCUT2D eigenvalue weighted by Crippen LogP contribution is -2.29. The molecule has 1 unspecified atom stereocenters. The Balaban J connectivity index is 1.74. The van der Waals surface area contributed by atoms with Crippen molar-refractivity contribution in [2.45, 2.75) is 46.6 Å². The van der Waals surface area contributed by atoms with Gasteiger partial charge in [-0.25, -0.2) is 9.78 Å². The van der Waals surface area contributed by atoms with Gasteiger partial charge in [-0.2, -0.15) is 0 Å². The smallest absolute Gasteiger partial charge is 0.350 e. The topological polar surface area (TPSA) is 89.7 Å². The SMILES string of the molecule is CCOC(=O)c1sc(N2C(=O)c3oc4ccc(C)cc4c(=O)c3C2c2ccc(C(C)C)cc2)nc1C. The standard InChI is InChI=1S/C28H26N2O5S/c1-6-34-27(33)25-16(5)29-28(36-25)30-22(18-10-8-17(9-11-18)14(2)3)21-23(31)19-13-15(4)7-12-20(19)35-24(21)26(30)32/h7-14,22H,6H2,1-5H3. The van der Waals surface area contributed by atoms with E-state index in [9.17, 15) is 14.4 Å². The van der Waals surface area contributed by atoms with E-state index in [1.54, 1.807) is 26.0 Å². The Kier molecular flexibility index (Phi) is 6.00. The van der Waals surface area contributed by atoms with Crippen LogP contribution in [0, 0.1) is 13.8 Å². The number of aromatic nitrogens is 1. The van der Waals surface area contributed by atoms with Crippen LogP contribution in [-0.2, 0) is 4.74 Å². The first-order valence-corrected chi connectivity index (χ1v) is 12.7. The molecule has 0 saturated carbocycles. The van der Waals surface area contributed by atoms with Crippen molar-refractivity contribution in [3.8, 4) is 0 Å². The van der Waals surface area contributed by atoms with E-state index in [0.717, 1.165) is 28.0 Å². The van der Waals surface area contributed by atoms with Gasteiger partial charge in [0, 0.05) is 0 Å². The number of hydrogen-bond acceptors (Lipinski definition) is 7. The Morgan fingerprint density at radius 2 is 1.86 bits per heavy atom. The third-order valence-electron chi connectivity index (χ3n) is 6.40. The predicted octanol–water partition coefficient (Wildman–Crippen LogP) is 5.92. The molecule has 0 saturated heterocycles. The molecule has 0 N–H and O–H groups in total. The van der Waals surface area contributed by atoms with Crippen molar-refractivity contribution in [2.24, 2.45) is 0 Å². The van der Waals surface area contributed by atoms with Gasteiger partial charge < -0.3 is 9.15 Å². The molecule has 1 amide bonds. The number of fused-ring (bicyclic) bond motifs is 2. The zero-order chi connectivity index (χ0) is 25.7. The molecular formula is C28H26N2O5S. The summed E-state index contributed by atoms with van der Waals surface area (Å²) in [5.74, 6) is -0.624. The molecule has 4 aromatic rings. The number of thiazole rings is 1. The van der Waals surface area contributed by atoms with Gasteiger partial charge >= 0.3 is 5.97 Å². The lowest BCUT2D eigenvalue weighted by Gasteiger charge is -2.23. The van der Waals surface area contributed by atoms with Crippen LogP contribution < -0.4 is 10.3 Å². The maximum atomic E-state index is 13.8. The first-order chi connectivity index (χ1) is 17.2. The van der Waals surface area contributed by atoms with Crippen LogP contribution in [0.2, 0.25) is 0 Å². The number of anilines is 1. The van der Waals surface area contributed by atoms with Crippen molar-refractivity contribution in [2.75, 3.05) is 11.5 Å². The largest absolute Gasteiger partial charge is 0.462 e. The molecule has 2 aromatic heterocycles. The maximum absolute atomic E-state index is 13.8. The summed E-state index contributed by atoms with van der Waals surface area (Å²) in [6.45, 7) is 9.78. The lowest BCUT2D eigenvalue weighted by molar-refractivity contribution is 0.0531. The number of benzene rings is 2. The Morgan fingerprint density at radius 1 is 1.14 bits per heavy atom. The van der Waals surface area contributed by atoms with Gasteiger partial charge in [0.15, 0.2) is 10.6 Å². The first-order valence-electron chi connectivity index (χ1n) is 11.9. The molecule has 2 aromatic carbocycles. The fraction of sp³-hybridized carbons (Fsp3) is 0.286. The van der Waals surface area contributed by atoms with Gasteiger partial charge in [0.2, 0.25) is 5.76 Å². The summed E-state index contributed by atoms with van der Waals surface area (Å²) in [5, 5.41) is 0.735. The second kappa shape index (κ2) is 9.02. The normalized spacial score (nSPS) is 15.1. The number of amides is 1. The highest BCUT2D eigenvalue weighted by Gasteiger charge is 2.45. The second-order valence-corrected chi connectivity index (χ2v) is 10.2. The summed E-state index contributed by atoms with van der Waals surface area (Å²) in [6, 6.07) is 12.5. The van der Waals surface area contributed by atoms with Crippen molar-refractivity contribution in [1.82, 2.24) is 4.98 Å². The molecule has 36 heavy (non-hydrogen) atoms. The van der Waals surface area contributed by atoms with Crippen molar-refractivity contribution in [3.05, 3.63) is 91.3 Å². The van der Waals surface area contributed by atoms with E-state index in [1.807, 2.05) is 37.3 Å². The highest BCUT2D eigenvalue weighted by Crippen LogP contribution is 2.43. The van der Waals surface area contributed by atoms with Crippen molar-refractivity contribution < 1.29 is 18.7 Å². The average Bonchev–Trinajstić information content (AvgIpc) is 3.37. The third-order valence-corrected chi connectivity index (χ3v) is 7.53. The monoisotopic (exact) mass is 502 g/mol. The molecule has 1 aliphatic heterocycles. The molecule has 7 nitrogen and oxygen atoms in total. The highest BCUT2D eigenvalue weighted by atomic mass is 32.1. The molecule has 1 atom stereocenters. The lowest BCUT2D eigenvalue weighted by atomic mass is 9.95. The van der Waals surface area contributed by atoms with Gasteiger partial charge in [-0.15, -0.1) is 0 Å². The summed E-state index contributed by atoms with van der Waals surface area (Å²) in [6.07, 6.45) is 0.